The van der Waals surface area contributed by atoms with Crippen LogP contribution in [0.3, 0.4) is 0 Å². The highest BCUT2D eigenvalue weighted by atomic mass is 16.5. The fourth-order valence-electron chi connectivity index (χ4n) is 4.65. The molecule has 1 saturated heterocycles. The van der Waals surface area contributed by atoms with Crippen molar-refractivity contribution in [3.8, 4) is 5.75 Å². The Balaban J connectivity index is 1.69. The first-order chi connectivity index (χ1) is 17.5. The molecular weight excluding hydrogens is 464 g/mol. The molecule has 0 aromatic carbocycles. The number of pyridine rings is 1. The number of nitrogens with one attached hydrogen (secondary N) is 3. The number of amides is 1. The van der Waals surface area contributed by atoms with E-state index in [-0.39, 0.29) is 18.6 Å². The Hall–Kier alpha value is -3.51. The molecule has 12 nitrogen and oxygen atoms in total. The summed E-state index contributed by atoms with van der Waals surface area (Å²) in [5, 5.41) is 32.2. The summed E-state index contributed by atoms with van der Waals surface area (Å²) in [6.45, 7) is 4.43. The van der Waals surface area contributed by atoms with Gasteiger partial charge in [-0.1, -0.05) is 13.3 Å². The number of aliphatic hydroxyl groups excluding tert-OH is 1. The predicted molar refractivity (Wildman–Crippen MR) is 136 cm³/mol. The molecule has 1 fully saturated rings. The van der Waals surface area contributed by atoms with Crippen LogP contribution in [-0.2, 0) is 6.54 Å². The Labute approximate surface area is 209 Å². The van der Waals surface area contributed by atoms with Crippen LogP contribution in [0.25, 0.3) is 11.0 Å². The monoisotopic (exact) mass is 498 g/mol. The minimum absolute atomic E-state index is 0.0255. The number of aliphatic hydroxyl groups is 1. The van der Waals surface area contributed by atoms with Crippen LogP contribution in [0.2, 0.25) is 0 Å². The number of nitrogens with zero attached hydrogens (tertiary/aromatic N) is 5. The number of hydrogen-bond acceptors (Lipinski definition) is 9. The average molecular weight is 499 g/mol. The zero-order chi connectivity index (χ0) is 25.5. The SMILES string of the molecule is CCCC(CCO)Nc1nc(NC(=O)O)nc2cnn(Cc3cnc(C4CCNCC4)cc3OC)c12. The van der Waals surface area contributed by atoms with Crippen molar-refractivity contribution in [1.29, 1.82) is 0 Å². The molecule has 0 spiro atoms. The van der Waals surface area contributed by atoms with Gasteiger partial charge < -0.3 is 25.6 Å². The van der Waals surface area contributed by atoms with Crippen molar-refractivity contribution in [3.63, 3.8) is 0 Å². The summed E-state index contributed by atoms with van der Waals surface area (Å²) in [5.41, 5.74) is 3.02. The van der Waals surface area contributed by atoms with Crippen molar-refractivity contribution in [1.82, 2.24) is 30.0 Å². The Bertz CT molecular complexity index is 1170. The second-order valence-corrected chi connectivity index (χ2v) is 8.95. The highest BCUT2D eigenvalue weighted by molar-refractivity contribution is 5.89. The minimum atomic E-state index is -1.25. The third-order valence-electron chi connectivity index (χ3n) is 6.43. The summed E-state index contributed by atoms with van der Waals surface area (Å²) < 4.78 is 7.47. The fourth-order valence-corrected chi connectivity index (χ4v) is 4.65. The van der Waals surface area contributed by atoms with Gasteiger partial charge in [0, 0.05) is 42.1 Å². The summed E-state index contributed by atoms with van der Waals surface area (Å²) in [7, 11) is 1.65. The Morgan fingerprint density at radius 3 is 2.78 bits per heavy atom. The summed E-state index contributed by atoms with van der Waals surface area (Å²) in [5.74, 6) is 1.56. The number of methoxy groups -OCH3 is 1. The maximum atomic E-state index is 11.2. The quantitative estimate of drug-likeness (QED) is 0.266. The van der Waals surface area contributed by atoms with Crippen molar-refractivity contribution in [2.45, 2.75) is 57.5 Å². The first-order valence-electron chi connectivity index (χ1n) is 12.4. The van der Waals surface area contributed by atoms with Crippen LogP contribution in [0.15, 0.2) is 18.5 Å². The third kappa shape index (κ3) is 6.00. The molecule has 1 amide bonds. The topological polar surface area (TPSA) is 159 Å². The zero-order valence-electron chi connectivity index (χ0n) is 20.7. The highest BCUT2D eigenvalue weighted by Gasteiger charge is 2.21. The molecule has 0 saturated carbocycles. The van der Waals surface area contributed by atoms with Gasteiger partial charge >= 0.3 is 6.09 Å². The van der Waals surface area contributed by atoms with E-state index in [2.05, 4.69) is 37.9 Å². The predicted octanol–water partition coefficient (Wildman–Crippen LogP) is 2.80. The molecule has 1 aliphatic rings. The van der Waals surface area contributed by atoms with Crippen LogP contribution in [-0.4, -0.2) is 73.9 Å². The van der Waals surface area contributed by atoms with Gasteiger partial charge in [-0.2, -0.15) is 10.1 Å². The van der Waals surface area contributed by atoms with Crippen molar-refractivity contribution in [2.24, 2.45) is 0 Å². The van der Waals surface area contributed by atoms with E-state index in [4.69, 9.17) is 14.8 Å². The molecular formula is C24H34N8O4. The molecule has 194 valence electrons. The van der Waals surface area contributed by atoms with E-state index >= 15 is 0 Å². The molecule has 5 N–H and O–H groups in total. The molecule has 4 heterocycles. The van der Waals surface area contributed by atoms with Crippen molar-refractivity contribution < 1.29 is 19.7 Å². The Morgan fingerprint density at radius 1 is 1.28 bits per heavy atom. The third-order valence-corrected chi connectivity index (χ3v) is 6.43. The number of carbonyl (C=O) groups is 1. The number of hydrogen-bond donors (Lipinski definition) is 5. The number of fused-ring (bicyclic) bond motifs is 1. The molecule has 4 rings (SSSR count). The molecule has 1 unspecified atom stereocenters. The second kappa shape index (κ2) is 12.0. The Morgan fingerprint density at radius 2 is 2.08 bits per heavy atom. The number of ether oxygens (including phenoxy) is 1. The minimum Gasteiger partial charge on any atom is -0.496 e. The van der Waals surface area contributed by atoms with Gasteiger partial charge in [0.05, 0.1) is 19.9 Å². The highest BCUT2D eigenvalue weighted by Crippen LogP contribution is 2.30. The maximum Gasteiger partial charge on any atom is 0.411 e. The number of carboxylic acid groups (broad SMARTS) is 1. The van der Waals surface area contributed by atoms with Crippen LogP contribution in [0.4, 0.5) is 16.6 Å². The number of rotatable bonds is 11. The van der Waals surface area contributed by atoms with Crippen molar-refractivity contribution >= 4 is 28.9 Å². The first kappa shape index (κ1) is 25.6. The Kier molecular flexibility index (Phi) is 8.49. The van der Waals surface area contributed by atoms with Gasteiger partial charge in [0.25, 0.3) is 0 Å². The molecule has 0 radical (unpaired) electrons. The van der Waals surface area contributed by atoms with E-state index in [0.29, 0.717) is 35.7 Å². The van der Waals surface area contributed by atoms with E-state index < -0.39 is 6.09 Å². The van der Waals surface area contributed by atoms with E-state index in [9.17, 15) is 9.90 Å². The zero-order valence-corrected chi connectivity index (χ0v) is 20.7. The van der Waals surface area contributed by atoms with E-state index in [0.717, 1.165) is 55.8 Å². The molecule has 36 heavy (non-hydrogen) atoms. The molecule has 12 heteroatoms. The number of piperidine rings is 1. The van der Waals surface area contributed by atoms with Crippen molar-refractivity contribution in [3.05, 3.63) is 29.7 Å². The van der Waals surface area contributed by atoms with Gasteiger partial charge in [-0.15, -0.1) is 0 Å². The molecule has 3 aromatic rings. The van der Waals surface area contributed by atoms with Gasteiger partial charge in [0.1, 0.15) is 16.8 Å². The molecule has 1 aliphatic heterocycles. The lowest BCUT2D eigenvalue weighted by atomic mass is 9.93. The van der Waals surface area contributed by atoms with Gasteiger partial charge in [-0.05, 0) is 38.8 Å². The van der Waals surface area contributed by atoms with Crippen LogP contribution in [0.5, 0.6) is 5.75 Å². The second-order valence-electron chi connectivity index (χ2n) is 8.95. The lowest BCUT2D eigenvalue weighted by Gasteiger charge is -2.23. The van der Waals surface area contributed by atoms with Gasteiger partial charge in [-0.3, -0.25) is 15.0 Å². The van der Waals surface area contributed by atoms with Crippen LogP contribution < -0.4 is 20.7 Å². The van der Waals surface area contributed by atoms with E-state index in [1.165, 1.54) is 0 Å². The molecule has 1 atom stereocenters. The van der Waals surface area contributed by atoms with E-state index in [1.807, 2.05) is 12.3 Å². The van der Waals surface area contributed by atoms with Crippen molar-refractivity contribution in [2.75, 3.05) is 37.4 Å². The summed E-state index contributed by atoms with van der Waals surface area (Å²) in [6, 6.07) is 1.97. The smallest absolute Gasteiger partial charge is 0.411 e. The maximum absolute atomic E-state index is 11.2. The normalized spacial score (nSPS) is 15.1. The van der Waals surface area contributed by atoms with Crippen LogP contribution in [0, 0.1) is 0 Å². The van der Waals surface area contributed by atoms with Crippen LogP contribution in [0.1, 0.15) is 56.2 Å². The first-order valence-corrected chi connectivity index (χ1v) is 12.4. The average Bonchev–Trinajstić information content (AvgIpc) is 3.27. The summed E-state index contributed by atoms with van der Waals surface area (Å²) >= 11 is 0. The molecule has 0 bridgehead atoms. The number of aromatic nitrogens is 5. The molecule has 0 aliphatic carbocycles. The lowest BCUT2D eigenvalue weighted by molar-refractivity contribution is 0.209. The lowest BCUT2D eigenvalue weighted by Crippen LogP contribution is -2.27. The van der Waals surface area contributed by atoms with Gasteiger partial charge in [-0.25, -0.2) is 9.78 Å². The standard InChI is InChI=1S/C24H34N8O4/c1-3-4-17(7-10-33)28-22-21-19(29-23(30-22)31-24(34)35)13-27-32(21)14-16-12-26-18(11-20(16)36-2)15-5-8-25-9-6-15/h11-13,15,17,25,33H,3-10,14H2,1-2H3,(H,34,35)(H2,28,29,30,31). The molecule has 3 aromatic heterocycles. The fraction of sp³-hybridized carbons (Fsp3) is 0.542. The van der Waals surface area contributed by atoms with Crippen LogP contribution >= 0.6 is 0 Å². The van der Waals surface area contributed by atoms with Gasteiger partial charge in [0.15, 0.2) is 5.82 Å². The van der Waals surface area contributed by atoms with Gasteiger partial charge in [0.2, 0.25) is 5.95 Å². The largest absolute Gasteiger partial charge is 0.496 e. The summed E-state index contributed by atoms with van der Waals surface area (Å²) in [6.07, 6.45) is 6.53. The number of anilines is 2. The summed E-state index contributed by atoms with van der Waals surface area (Å²) in [4.78, 5) is 24.7. The van der Waals surface area contributed by atoms with E-state index in [1.54, 1.807) is 18.0 Å².